The number of benzene rings is 2. The Kier molecular flexibility index (Phi) is 7.18. The number of anilines is 1. The van der Waals surface area contributed by atoms with Crippen LogP contribution in [0.5, 0.6) is 5.75 Å². The third kappa shape index (κ3) is 5.51. The molecule has 0 bridgehead atoms. The molecule has 3 N–H and O–H groups in total. The topological polar surface area (TPSA) is 80.8 Å². The summed E-state index contributed by atoms with van der Waals surface area (Å²) in [5.41, 5.74) is 5.00. The van der Waals surface area contributed by atoms with E-state index >= 15 is 0 Å². The average Bonchev–Trinajstić information content (AvgIpc) is 3.51. The van der Waals surface area contributed by atoms with E-state index in [0.29, 0.717) is 55.0 Å². The van der Waals surface area contributed by atoms with Crippen molar-refractivity contribution in [2.24, 2.45) is 11.8 Å². The first kappa shape index (κ1) is 27.9. The fourth-order valence-corrected chi connectivity index (χ4v) is 7.17. The van der Waals surface area contributed by atoms with Crippen LogP contribution < -0.4 is 10.1 Å². The number of nitrogens with zero attached hydrogens (tertiary/aromatic N) is 2. The molecule has 0 radical (unpaired) electrons. The van der Waals surface area contributed by atoms with Gasteiger partial charge in [-0.1, -0.05) is 19.1 Å². The minimum Gasteiger partial charge on any atom is -0.406 e. The van der Waals surface area contributed by atoms with Crippen LogP contribution in [0.2, 0.25) is 0 Å². The van der Waals surface area contributed by atoms with Crippen molar-refractivity contribution in [3.8, 4) is 5.75 Å². The van der Waals surface area contributed by atoms with E-state index in [-0.39, 0.29) is 23.0 Å². The first-order chi connectivity index (χ1) is 19.5. The predicted octanol–water partition coefficient (Wildman–Crippen LogP) is 5.29. The number of rotatable bonds is 5. The third-order valence-electron chi connectivity index (χ3n) is 9.53. The number of β-amino-alcohol motifs (C(OH)–C–C–N with tert-alkyl or cyclic N) is 1. The highest BCUT2D eigenvalue weighted by Gasteiger charge is 2.46. The van der Waals surface area contributed by atoms with Gasteiger partial charge in [-0.3, -0.25) is 4.79 Å². The van der Waals surface area contributed by atoms with Crippen LogP contribution in [0, 0.1) is 18.8 Å². The molecule has 2 saturated heterocycles. The lowest BCUT2D eigenvalue weighted by molar-refractivity contribution is -0.274. The molecule has 6 rings (SSSR count). The van der Waals surface area contributed by atoms with Gasteiger partial charge in [-0.15, -0.1) is 13.2 Å². The number of aromatic nitrogens is 1. The summed E-state index contributed by atoms with van der Waals surface area (Å²) in [7, 11) is 0. The van der Waals surface area contributed by atoms with Crippen LogP contribution in [0.25, 0.3) is 10.9 Å². The molecular weight excluding hydrogens is 533 g/mol. The van der Waals surface area contributed by atoms with Gasteiger partial charge < -0.3 is 29.9 Å². The van der Waals surface area contributed by atoms with Crippen molar-refractivity contribution in [1.82, 2.24) is 14.8 Å². The number of H-pyrrole nitrogens is 1. The van der Waals surface area contributed by atoms with Crippen LogP contribution in [0.4, 0.5) is 18.9 Å². The maximum Gasteiger partial charge on any atom is 0.573 e. The summed E-state index contributed by atoms with van der Waals surface area (Å²) in [6, 6.07) is 12.3. The first-order valence-corrected chi connectivity index (χ1v) is 14.4. The summed E-state index contributed by atoms with van der Waals surface area (Å²) in [5.74, 6) is 0.0674. The number of likely N-dealkylation sites (tertiary alicyclic amines) is 2. The molecule has 10 heteroatoms. The quantitative estimate of drug-likeness (QED) is 0.388. The molecule has 3 aromatic rings. The van der Waals surface area contributed by atoms with Gasteiger partial charge in [-0.05, 0) is 86.0 Å². The molecule has 1 unspecified atom stereocenters. The summed E-state index contributed by atoms with van der Waals surface area (Å²) in [5, 5.41) is 15.3. The lowest BCUT2D eigenvalue weighted by Gasteiger charge is -2.46. The maximum absolute atomic E-state index is 13.1. The number of piperidine rings is 2. The Bertz CT molecular complexity index is 1430. The number of ether oxygens (including phenoxy) is 1. The van der Waals surface area contributed by atoms with Crippen molar-refractivity contribution in [3.63, 3.8) is 0 Å². The second-order valence-electron chi connectivity index (χ2n) is 12.1. The fraction of sp³-hybridized carbons (Fsp3) is 0.516. The maximum atomic E-state index is 13.1. The number of fused-ring (bicyclic) bond motifs is 3. The van der Waals surface area contributed by atoms with E-state index in [1.165, 1.54) is 35.0 Å². The number of hydrogen-bond acceptors (Lipinski definition) is 5. The van der Waals surface area contributed by atoms with Gasteiger partial charge in [-0.25, -0.2) is 0 Å². The molecule has 41 heavy (non-hydrogen) atoms. The second-order valence-corrected chi connectivity index (χ2v) is 12.1. The molecule has 1 spiro atoms. The van der Waals surface area contributed by atoms with Crippen molar-refractivity contribution < 1.29 is 27.8 Å². The number of hydrogen-bond donors (Lipinski definition) is 3. The van der Waals surface area contributed by atoms with Crippen molar-refractivity contribution in [2.45, 2.75) is 51.0 Å². The Balaban J connectivity index is 1.02. The number of aromatic amines is 1. The molecule has 3 aliphatic rings. The standard InChI is InChI=1S/C31H37F3N4O3/c1-19-3-5-24-26(13-19)35-18-30(24)9-12-37(16-20(30)2)17-28(39)21-7-10-38(11-8-21)29(40)27-15-22-14-23(41-31(32,33)34)4-6-25(22)36-27/h3-6,13-15,20-21,28,35-36,39H,7-12,16-18H2,1-2H3/t20-,28?,30+/m1/s1. The Morgan fingerprint density at radius 1 is 1.15 bits per heavy atom. The lowest BCUT2D eigenvalue weighted by Crippen LogP contribution is -2.52. The molecule has 220 valence electrons. The van der Waals surface area contributed by atoms with Gasteiger partial charge in [0.2, 0.25) is 0 Å². The number of aryl methyl sites for hydroxylation is 1. The number of amides is 1. The highest BCUT2D eigenvalue weighted by molar-refractivity contribution is 5.98. The van der Waals surface area contributed by atoms with Crippen LogP contribution in [0.15, 0.2) is 42.5 Å². The number of aliphatic hydroxyl groups excluding tert-OH is 1. The molecule has 1 aromatic heterocycles. The number of halogens is 3. The zero-order chi connectivity index (χ0) is 28.9. The SMILES string of the molecule is Cc1ccc2c(c1)NC[C@]21CCN(CC(O)C2CCN(C(=O)c3cc4cc(OC(F)(F)F)ccc4[nH]3)CC2)C[C@H]1C. The molecular formula is C31H37F3N4O3. The van der Waals surface area contributed by atoms with Crippen LogP contribution in [0.3, 0.4) is 0 Å². The second kappa shape index (κ2) is 10.5. The van der Waals surface area contributed by atoms with Crippen molar-refractivity contribution in [2.75, 3.05) is 44.6 Å². The van der Waals surface area contributed by atoms with Crippen molar-refractivity contribution >= 4 is 22.5 Å². The summed E-state index contributed by atoms with van der Waals surface area (Å²) < 4.78 is 41.7. The monoisotopic (exact) mass is 570 g/mol. The number of aliphatic hydroxyl groups is 1. The predicted molar refractivity (Wildman–Crippen MR) is 151 cm³/mol. The van der Waals surface area contributed by atoms with Gasteiger partial charge in [0.15, 0.2) is 0 Å². The Morgan fingerprint density at radius 2 is 1.93 bits per heavy atom. The Morgan fingerprint density at radius 3 is 2.66 bits per heavy atom. The van der Waals surface area contributed by atoms with Crippen LogP contribution in [0.1, 0.15) is 47.8 Å². The molecule has 2 fully saturated rings. The minimum absolute atomic E-state index is 0.117. The Labute approximate surface area is 237 Å². The summed E-state index contributed by atoms with van der Waals surface area (Å²) in [6.07, 6.45) is -2.75. The zero-order valence-corrected chi connectivity index (χ0v) is 23.4. The molecule has 1 amide bonds. The van der Waals surface area contributed by atoms with E-state index in [9.17, 15) is 23.1 Å². The van der Waals surface area contributed by atoms with Gasteiger partial charge in [0, 0.05) is 54.7 Å². The van der Waals surface area contributed by atoms with E-state index in [0.717, 1.165) is 26.1 Å². The molecule has 3 atom stereocenters. The van der Waals surface area contributed by atoms with Gasteiger partial charge >= 0.3 is 6.36 Å². The lowest BCUT2D eigenvalue weighted by atomic mass is 9.67. The first-order valence-electron chi connectivity index (χ1n) is 14.4. The zero-order valence-electron chi connectivity index (χ0n) is 23.4. The van der Waals surface area contributed by atoms with E-state index in [2.05, 4.69) is 52.0 Å². The van der Waals surface area contributed by atoms with Gasteiger partial charge in [0.05, 0.1) is 6.10 Å². The fourth-order valence-electron chi connectivity index (χ4n) is 7.17. The normalized spacial score (nSPS) is 24.4. The molecule has 7 nitrogen and oxygen atoms in total. The van der Waals surface area contributed by atoms with Gasteiger partial charge in [0.1, 0.15) is 11.4 Å². The number of nitrogens with one attached hydrogen (secondary N) is 2. The molecule has 4 heterocycles. The van der Waals surface area contributed by atoms with Gasteiger partial charge in [-0.2, -0.15) is 0 Å². The van der Waals surface area contributed by atoms with Crippen molar-refractivity contribution in [1.29, 1.82) is 0 Å². The third-order valence-corrected chi connectivity index (χ3v) is 9.53. The van der Waals surface area contributed by atoms with Crippen molar-refractivity contribution in [3.05, 3.63) is 59.3 Å². The largest absolute Gasteiger partial charge is 0.573 e. The van der Waals surface area contributed by atoms with E-state index in [4.69, 9.17) is 0 Å². The number of alkyl halides is 3. The molecule has 3 aliphatic heterocycles. The van der Waals surface area contributed by atoms with Crippen LogP contribution in [-0.4, -0.2) is 77.5 Å². The van der Waals surface area contributed by atoms with E-state index < -0.39 is 12.5 Å². The van der Waals surface area contributed by atoms with Crippen LogP contribution in [-0.2, 0) is 5.41 Å². The van der Waals surface area contributed by atoms with Gasteiger partial charge in [0.25, 0.3) is 5.91 Å². The smallest absolute Gasteiger partial charge is 0.406 e. The van der Waals surface area contributed by atoms with E-state index in [1.54, 1.807) is 11.0 Å². The summed E-state index contributed by atoms with van der Waals surface area (Å²) in [4.78, 5) is 20.3. The molecule has 2 aromatic carbocycles. The molecule has 0 aliphatic carbocycles. The summed E-state index contributed by atoms with van der Waals surface area (Å²) in [6.45, 7) is 9.00. The Hall–Kier alpha value is -3.24. The average molecular weight is 571 g/mol. The number of carbonyl (C=O) groups excluding carboxylic acids is 1. The van der Waals surface area contributed by atoms with E-state index in [1.807, 2.05) is 0 Å². The van der Waals surface area contributed by atoms with Crippen LogP contribution >= 0.6 is 0 Å². The minimum atomic E-state index is -4.77. The highest BCUT2D eigenvalue weighted by atomic mass is 19.4. The number of carbonyl (C=O) groups is 1. The highest BCUT2D eigenvalue weighted by Crippen LogP contribution is 2.47. The summed E-state index contributed by atoms with van der Waals surface area (Å²) >= 11 is 0. The molecule has 0 saturated carbocycles.